The normalized spacial score (nSPS) is 13.8. The molecule has 2 atom stereocenters. The van der Waals surface area contributed by atoms with Crippen molar-refractivity contribution in [2.24, 2.45) is 0 Å². The van der Waals surface area contributed by atoms with Gasteiger partial charge in [-0.2, -0.15) is 0 Å². The SMILES string of the molecule is CC[C@H](C)NC(=O)CCN[C@@H](C)c1cc(F)c(F)c(F)c1. The van der Waals surface area contributed by atoms with Gasteiger partial charge in [0.15, 0.2) is 17.5 Å². The van der Waals surface area contributed by atoms with Gasteiger partial charge in [0.2, 0.25) is 5.91 Å². The number of benzene rings is 1. The van der Waals surface area contributed by atoms with Crippen LogP contribution in [0.5, 0.6) is 0 Å². The molecule has 0 unspecified atom stereocenters. The second-order valence-electron chi connectivity index (χ2n) is 5.10. The van der Waals surface area contributed by atoms with E-state index < -0.39 is 17.5 Å². The zero-order chi connectivity index (χ0) is 16.0. The first kappa shape index (κ1) is 17.5. The van der Waals surface area contributed by atoms with Gasteiger partial charge in [-0.15, -0.1) is 0 Å². The third-order valence-electron chi connectivity index (χ3n) is 3.33. The van der Waals surface area contributed by atoms with E-state index in [2.05, 4.69) is 10.6 Å². The van der Waals surface area contributed by atoms with Crippen LogP contribution in [0.3, 0.4) is 0 Å². The predicted molar refractivity (Wildman–Crippen MR) is 75.2 cm³/mol. The summed E-state index contributed by atoms with van der Waals surface area (Å²) in [5.74, 6) is -3.99. The van der Waals surface area contributed by atoms with Crippen molar-refractivity contribution in [1.29, 1.82) is 0 Å². The third-order valence-corrected chi connectivity index (χ3v) is 3.33. The molecular formula is C15H21F3N2O. The summed E-state index contributed by atoms with van der Waals surface area (Å²) in [6, 6.07) is 1.64. The summed E-state index contributed by atoms with van der Waals surface area (Å²) in [6.07, 6.45) is 1.12. The zero-order valence-corrected chi connectivity index (χ0v) is 12.5. The zero-order valence-electron chi connectivity index (χ0n) is 12.5. The van der Waals surface area contributed by atoms with Crippen LogP contribution in [0.4, 0.5) is 13.2 Å². The Morgan fingerprint density at radius 3 is 2.29 bits per heavy atom. The van der Waals surface area contributed by atoms with E-state index in [-0.39, 0.29) is 24.4 Å². The van der Waals surface area contributed by atoms with Gasteiger partial charge in [-0.25, -0.2) is 13.2 Å². The minimum absolute atomic E-state index is 0.0829. The van der Waals surface area contributed by atoms with Gasteiger partial charge in [-0.05, 0) is 38.0 Å². The lowest BCUT2D eigenvalue weighted by Crippen LogP contribution is -2.34. The largest absolute Gasteiger partial charge is 0.354 e. The average molecular weight is 302 g/mol. The molecule has 6 heteroatoms. The summed E-state index contributed by atoms with van der Waals surface area (Å²) < 4.78 is 39.1. The summed E-state index contributed by atoms with van der Waals surface area (Å²) >= 11 is 0. The van der Waals surface area contributed by atoms with Crippen molar-refractivity contribution in [3.05, 3.63) is 35.1 Å². The first-order valence-electron chi connectivity index (χ1n) is 7.02. The van der Waals surface area contributed by atoms with Gasteiger partial charge in [0.25, 0.3) is 0 Å². The molecule has 1 aromatic carbocycles. The molecule has 0 saturated carbocycles. The fraction of sp³-hybridized carbons (Fsp3) is 0.533. The Morgan fingerprint density at radius 2 is 1.76 bits per heavy atom. The molecule has 0 saturated heterocycles. The molecule has 0 aromatic heterocycles. The van der Waals surface area contributed by atoms with E-state index >= 15 is 0 Å². The molecule has 0 aliphatic heterocycles. The van der Waals surface area contributed by atoms with E-state index in [0.29, 0.717) is 12.1 Å². The van der Waals surface area contributed by atoms with Crippen LogP contribution in [0, 0.1) is 17.5 Å². The second-order valence-corrected chi connectivity index (χ2v) is 5.10. The maximum Gasteiger partial charge on any atom is 0.221 e. The van der Waals surface area contributed by atoms with Crippen LogP contribution < -0.4 is 10.6 Å². The number of amides is 1. The van der Waals surface area contributed by atoms with Gasteiger partial charge in [0.1, 0.15) is 0 Å². The summed E-state index contributed by atoms with van der Waals surface area (Å²) in [7, 11) is 0. The van der Waals surface area contributed by atoms with Crippen LogP contribution in [0.1, 0.15) is 45.2 Å². The maximum atomic E-state index is 13.1. The van der Waals surface area contributed by atoms with Crippen molar-refractivity contribution < 1.29 is 18.0 Å². The van der Waals surface area contributed by atoms with E-state index in [1.54, 1.807) is 6.92 Å². The summed E-state index contributed by atoms with van der Waals surface area (Å²) in [5.41, 5.74) is 0.300. The number of carbonyl (C=O) groups excluding carboxylic acids is 1. The van der Waals surface area contributed by atoms with Crippen molar-refractivity contribution in [2.75, 3.05) is 6.54 Å². The quantitative estimate of drug-likeness (QED) is 0.760. The lowest BCUT2D eigenvalue weighted by atomic mass is 10.1. The van der Waals surface area contributed by atoms with Crippen LogP contribution >= 0.6 is 0 Å². The van der Waals surface area contributed by atoms with Gasteiger partial charge < -0.3 is 10.6 Å². The molecule has 21 heavy (non-hydrogen) atoms. The molecule has 0 aliphatic carbocycles. The Labute approximate surface area is 122 Å². The van der Waals surface area contributed by atoms with Crippen molar-refractivity contribution in [3.8, 4) is 0 Å². The molecule has 3 nitrogen and oxygen atoms in total. The van der Waals surface area contributed by atoms with Gasteiger partial charge in [0, 0.05) is 25.0 Å². The van der Waals surface area contributed by atoms with Crippen LogP contribution in [-0.4, -0.2) is 18.5 Å². The number of halogens is 3. The Morgan fingerprint density at radius 1 is 1.19 bits per heavy atom. The lowest BCUT2D eigenvalue weighted by molar-refractivity contribution is -0.121. The van der Waals surface area contributed by atoms with E-state index in [4.69, 9.17) is 0 Å². The number of nitrogens with one attached hydrogen (secondary N) is 2. The number of rotatable bonds is 7. The highest BCUT2D eigenvalue weighted by Crippen LogP contribution is 2.18. The first-order chi connectivity index (χ1) is 9.85. The number of hydrogen-bond donors (Lipinski definition) is 2. The van der Waals surface area contributed by atoms with Crippen molar-refractivity contribution in [1.82, 2.24) is 10.6 Å². The van der Waals surface area contributed by atoms with Gasteiger partial charge in [0.05, 0.1) is 0 Å². The van der Waals surface area contributed by atoms with Gasteiger partial charge in [-0.3, -0.25) is 4.79 Å². The number of carbonyl (C=O) groups is 1. The van der Waals surface area contributed by atoms with Crippen LogP contribution in [-0.2, 0) is 4.79 Å². The van der Waals surface area contributed by atoms with Crippen LogP contribution in [0.2, 0.25) is 0 Å². The molecule has 1 amide bonds. The monoisotopic (exact) mass is 302 g/mol. The maximum absolute atomic E-state index is 13.1. The number of hydrogen-bond acceptors (Lipinski definition) is 2. The van der Waals surface area contributed by atoms with Gasteiger partial charge >= 0.3 is 0 Å². The lowest BCUT2D eigenvalue weighted by Gasteiger charge is -2.16. The standard InChI is InChI=1S/C15H21F3N2O/c1-4-9(2)20-14(21)5-6-19-10(3)11-7-12(16)15(18)13(17)8-11/h7-10,19H,4-6H2,1-3H3,(H,20,21)/t9-,10-/m0/s1. The third kappa shape index (κ3) is 5.38. The highest BCUT2D eigenvalue weighted by atomic mass is 19.2. The molecule has 0 heterocycles. The highest BCUT2D eigenvalue weighted by molar-refractivity contribution is 5.76. The average Bonchev–Trinajstić information content (AvgIpc) is 2.43. The fourth-order valence-electron chi connectivity index (χ4n) is 1.79. The van der Waals surface area contributed by atoms with E-state index in [1.165, 1.54) is 0 Å². The molecule has 118 valence electrons. The smallest absolute Gasteiger partial charge is 0.221 e. The Bertz CT molecular complexity index is 471. The van der Waals surface area contributed by atoms with Crippen molar-refractivity contribution in [2.45, 2.75) is 45.7 Å². The molecule has 0 aliphatic rings. The Kier molecular flexibility index (Phi) is 6.68. The molecule has 0 bridgehead atoms. The van der Waals surface area contributed by atoms with E-state index in [0.717, 1.165) is 18.6 Å². The highest BCUT2D eigenvalue weighted by Gasteiger charge is 2.14. The predicted octanol–water partition coefficient (Wildman–Crippen LogP) is 3.06. The van der Waals surface area contributed by atoms with Crippen LogP contribution in [0.15, 0.2) is 12.1 Å². The Hall–Kier alpha value is -1.56. The molecular weight excluding hydrogens is 281 g/mol. The fourth-order valence-corrected chi connectivity index (χ4v) is 1.79. The summed E-state index contributed by atoms with van der Waals surface area (Å²) in [5, 5.41) is 5.80. The molecule has 1 rings (SSSR count). The molecule has 1 aromatic rings. The van der Waals surface area contributed by atoms with Gasteiger partial charge in [-0.1, -0.05) is 6.92 Å². The summed E-state index contributed by atoms with van der Waals surface area (Å²) in [6.45, 7) is 5.95. The molecule has 0 fully saturated rings. The van der Waals surface area contributed by atoms with Crippen LogP contribution in [0.25, 0.3) is 0 Å². The van der Waals surface area contributed by atoms with E-state index in [9.17, 15) is 18.0 Å². The van der Waals surface area contributed by atoms with E-state index in [1.807, 2.05) is 13.8 Å². The van der Waals surface area contributed by atoms with Crippen molar-refractivity contribution in [3.63, 3.8) is 0 Å². The first-order valence-corrected chi connectivity index (χ1v) is 7.02. The minimum atomic E-state index is -1.47. The molecule has 0 spiro atoms. The Balaban J connectivity index is 2.47. The minimum Gasteiger partial charge on any atom is -0.354 e. The second kappa shape index (κ2) is 8.02. The summed E-state index contributed by atoms with van der Waals surface area (Å²) in [4.78, 5) is 11.6. The molecule has 2 N–H and O–H groups in total. The van der Waals surface area contributed by atoms with Crippen molar-refractivity contribution >= 4 is 5.91 Å². The molecule has 0 radical (unpaired) electrons. The topological polar surface area (TPSA) is 41.1 Å².